The van der Waals surface area contributed by atoms with Gasteiger partial charge in [-0.1, -0.05) is 12.5 Å². The van der Waals surface area contributed by atoms with E-state index in [9.17, 15) is 14.7 Å². The van der Waals surface area contributed by atoms with E-state index in [-0.39, 0.29) is 12.3 Å². The smallest absolute Gasteiger partial charge is 0.310 e. The van der Waals surface area contributed by atoms with Gasteiger partial charge in [-0.3, -0.25) is 14.6 Å². The molecular formula is C20H22N2O5. The van der Waals surface area contributed by atoms with Crippen LogP contribution in [0.2, 0.25) is 0 Å². The van der Waals surface area contributed by atoms with E-state index in [4.69, 9.17) is 9.47 Å². The molecule has 7 nitrogen and oxygen atoms in total. The summed E-state index contributed by atoms with van der Waals surface area (Å²) >= 11 is 0. The molecule has 0 unspecified atom stereocenters. The van der Waals surface area contributed by atoms with Crippen molar-refractivity contribution in [2.45, 2.75) is 32.3 Å². The molecule has 0 spiro atoms. The summed E-state index contributed by atoms with van der Waals surface area (Å²) in [6, 6.07) is 8.79. The van der Waals surface area contributed by atoms with E-state index < -0.39 is 11.4 Å². The molecule has 2 aromatic rings. The molecule has 0 radical (unpaired) electrons. The van der Waals surface area contributed by atoms with E-state index in [1.54, 1.807) is 30.6 Å². The molecule has 7 heteroatoms. The molecular weight excluding hydrogens is 348 g/mol. The van der Waals surface area contributed by atoms with Crippen molar-refractivity contribution in [2.24, 2.45) is 5.41 Å². The molecule has 1 aromatic heterocycles. The normalized spacial score (nSPS) is 14.7. The lowest BCUT2D eigenvalue weighted by Gasteiger charge is -2.36. The fraction of sp³-hybridized carbons (Fsp3) is 0.350. The predicted octanol–water partition coefficient (Wildman–Crippen LogP) is 3.25. The van der Waals surface area contributed by atoms with Crippen LogP contribution in [0, 0.1) is 5.41 Å². The van der Waals surface area contributed by atoms with Crippen molar-refractivity contribution in [1.29, 1.82) is 0 Å². The van der Waals surface area contributed by atoms with Crippen molar-refractivity contribution in [3.05, 3.63) is 48.3 Å². The summed E-state index contributed by atoms with van der Waals surface area (Å²) in [7, 11) is 1.54. The Labute approximate surface area is 157 Å². The lowest BCUT2D eigenvalue weighted by atomic mass is 9.66. The number of anilines is 1. The van der Waals surface area contributed by atoms with Crippen molar-refractivity contribution in [3.63, 3.8) is 0 Å². The molecule has 1 saturated carbocycles. The first-order valence-electron chi connectivity index (χ1n) is 8.75. The predicted molar refractivity (Wildman–Crippen MR) is 98.7 cm³/mol. The first-order valence-corrected chi connectivity index (χ1v) is 8.75. The van der Waals surface area contributed by atoms with Crippen LogP contribution in [-0.4, -0.2) is 29.1 Å². The van der Waals surface area contributed by atoms with Crippen LogP contribution in [0.25, 0.3) is 0 Å². The van der Waals surface area contributed by atoms with Gasteiger partial charge in [0.1, 0.15) is 6.61 Å². The summed E-state index contributed by atoms with van der Waals surface area (Å²) in [4.78, 5) is 27.8. The molecule has 0 saturated heterocycles. The SMILES string of the molecule is COc1ccc(NC(=O)CC2(C(=O)O)CCC2)cc1OCc1cccnc1. The average molecular weight is 370 g/mol. The zero-order valence-corrected chi connectivity index (χ0v) is 15.1. The maximum absolute atomic E-state index is 12.3. The number of carbonyl (C=O) groups is 2. The number of nitrogens with zero attached hydrogens (tertiary/aromatic N) is 1. The third kappa shape index (κ3) is 4.36. The molecule has 2 N–H and O–H groups in total. The number of ether oxygens (including phenoxy) is 2. The van der Waals surface area contributed by atoms with Crippen LogP contribution in [0.4, 0.5) is 5.69 Å². The Morgan fingerprint density at radius 2 is 2.07 bits per heavy atom. The van der Waals surface area contributed by atoms with Gasteiger partial charge in [-0.2, -0.15) is 0 Å². The van der Waals surface area contributed by atoms with Gasteiger partial charge in [0, 0.05) is 36.1 Å². The number of rotatable bonds is 8. The Morgan fingerprint density at radius 1 is 1.26 bits per heavy atom. The molecule has 0 aliphatic heterocycles. The third-order valence-corrected chi connectivity index (χ3v) is 4.83. The van der Waals surface area contributed by atoms with Crippen molar-refractivity contribution in [1.82, 2.24) is 4.98 Å². The van der Waals surface area contributed by atoms with Crippen molar-refractivity contribution >= 4 is 17.6 Å². The quantitative estimate of drug-likeness (QED) is 0.740. The first kappa shape index (κ1) is 18.7. The number of benzene rings is 1. The summed E-state index contributed by atoms with van der Waals surface area (Å²) in [5.41, 5.74) is 0.514. The lowest BCUT2D eigenvalue weighted by molar-refractivity contribution is -0.157. The number of methoxy groups -OCH3 is 1. The van der Waals surface area contributed by atoms with Gasteiger partial charge in [0.05, 0.1) is 12.5 Å². The maximum Gasteiger partial charge on any atom is 0.310 e. The van der Waals surface area contributed by atoms with Gasteiger partial charge in [-0.25, -0.2) is 0 Å². The Balaban J connectivity index is 1.67. The monoisotopic (exact) mass is 370 g/mol. The Kier molecular flexibility index (Phi) is 5.59. The molecule has 0 bridgehead atoms. The summed E-state index contributed by atoms with van der Waals surface area (Å²) in [6.07, 6.45) is 5.29. The molecule has 142 valence electrons. The van der Waals surface area contributed by atoms with E-state index >= 15 is 0 Å². The van der Waals surface area contributed by atoms with Crippen LogP contribution < -0.4 is 14.8 Å². The Hall–Kier alpha value is -3.09. The van der Waals surface area contributed by atoms with Gasteiger partial charge in [-0.15, -0.1) is 0 Å². The fourth-order valence-corrected chi connectivity index (χ4v) is 3.09. The number of pyridine rings is 1. The maximum atomic E-state index is 12.3. The van der Waals surface area contributed by atoms with Crippen molar-refractivity contribution in [3.8, 4) is 11.5 Å². The van der Waals surface area contributed by atoms with Gasteiger partial charge < -0.3 is 19.9 Å². The lowest BCUT2D eigenvalue weighted by Crippen LogP contribution is -2.41. The zero-order valence-electron chi connectivity index (χ0n) is 15.1. The highest BCUT2D eigenvalue weighted by molar-refractivity contribution is 5.94. The third-order valence-electron chi connectivity index (χ3n) is 4.83. The largest absolute Gasteiger partial charge is 0.493 e. The molecule has 1 fully saturated rings. The number of carboxylic acids is 1. The minimum absolute atomic E-state index is 0.0275. The number of hydrogen-bond donors (Lipinski definition) is 2. The number of aromatic nitrogens is 1. The molecule has 1 heterocycles. The standard InChI is InChI=1S/C20H22N2O5/c1-26-16-6-5-15(10-17(16)27-13-14-4-2-9-21-12-14)22-18(23)11-20(19(24)25)7-3-8-20/h2,4-6,9-10,12H,3,7-8,11,13H2,1H3,(H,22,23)(H,24,25). The number of carbonyl (C=O) groups excluding carboxylic acids is 1. The van der Waals surface area contributed by atoms with E-state index in [2.05, 4.69) is 10.3 Å². The first-order chi connectivity index (χ1) is 13.0. The summed E-state index contributed by atoms with van der Waals surface area (Å²) < 4.78 is 11.1. The van der Waals surface area contributed by atoms with Gasteiger partial charge >= 0.3 is 5.97 Å². The van der Waals surface area contributed by atoms with Crippen molar-refractivity contribution in [2.75, 3.05) is 12.4 Å². The van der Waals surface area contributed by atoms with E-state index in [0.717, 1.165) is 12.0 Å². The number of aliphatic carboxylic acids is 1. The van der Waals surface area contributed by atoms with Gasteiger partial charge in [0.25, 0.3) is 0 Å². The fourth-order valence-electron chi connectivity index (χ4n) is 3.09. The highest BCUT2D eigenvalue weighted by Crippen LogP contribution is 2.44. The molecule has 1 amide bonds. The number of nitrogens with one attached hydrogen (secondary N) is 1. The molecule has 1 aromatic carbocycles. The second-order valence-electron chi connectivity index (χ2n) is 6.68. The molecule has 1 aliphatic carbocycles. The number of carboxylic acid groups (broad SMARTS) is 1. The van der Waals surface area contributed by atoms with Gasteiger partial charge in [-0.05, 0) is 31.0 Å². The van der Waals surface area contributed by atoms with Crippen LogP contribution in [0.3, 0.4) is 0 Å². The van der Waals surface area contributed by atoms with Crippen molar-refractivity contribution < 1.29 is 24.2 Å². The second-order valence-corrected chi connectivity index (χ2v) is 6.68. The molecule has 0 atom stereocenters. The zero-order chi connectivity index (χ0) is 19.3. The molecule has 27 heavy (non-hydrogen) atoms. The minimum atomic E-state index is -0.920. The van der Waals surface area contributed by atoms with Crippen LogP contribution in [0.5, 0.6) is 11.5 Å². The van der Waals surface area contributed by atoms with E-state index in [1.807, 2.05) is 12.1 Å². The summed E-state index contributed by atoms with van der Waals surface area (Å²) in [5.74, 6) is -0.201. The molecule has 1 aliphatic rings. The van der Waals surface area contributed by atoms with E-state index in [0.29, 0.717) is 36.6 Å². The highest BCUT2D eigenvalue weighted by atomic mass is 16.5. The summed E-state index contributed by atoms with van der Waals surface area (Å²) in [5, 5.41) is 12.1. The Morgan fingerprint density at radius 3 is 2.67 bits per heavy atom. The van der Waals surface area contributed by atoms with E-state index in [1.165, 1.54) is 7.11 Å². The number of hydrogen-bond acceptors (Lipinski definition) is 5. The topological polar surface area (TPSA) is 97.8 Å². The van der Waals surface area contributed by atoms with Crippen LogP contribution in [0.1, 0.15) is 31.2 Å². The second kappa shape index (κ2) is 8.07. The van der Waals surface area contributed by atoms with Gasteiger partial charge in [0.15, 0.2) is 11.5 Å². The van der Waals surface area contributed by atoms with Crippen LogP contribution >= 0.6 is 0 Å². The van der Waals surface area contributed by atoms with Crippen LogP contribution in [0.15, 0.2) is 42.7 Å². The molecule has 3 rings (SSSR count). The minimum Gasteiger partial charge on any atom is -0.493 e. The number of amides is 1. The Bertz CT molecular complexity index is 818. The van der Waals surface area contributed by atoms with Gasteiger partial charge in [0.2, 0.25) is 5.91 Å². The summed E-state index contributed by atoms with van der Waals surface area (Å²) in [6.45, 7) is 0.309. The highest BCUT2D eigenvalue weighted by Gasteiger charge is 2.45. The van der Waals surface area contributed by atoms with Crippen LogP contribution in [-0.2, 0) is 16.2 Å². The average Bonchev–Trinajstić information content (AvgIpc) is 2.63.